The molecular weight excluding hydrogens is 208 g/mol. The summed E-state index contributed by atoms with van der Waals surface area (Å²) in [6, 6.07) is 5.07. The van der Waals surface area contributed by atoms with E-state index in [0.29, 0.717) is 25.1 Å². The van der Waals surface area contributed by atoms with E-state index < -0.39 is 0 Å². The number of nitro groups is 1. The number of amides is 1. The Labute approximate surface area is 92.8 Å². The molecule has 0 N–H and O–H groups in total. The molecule has 0 radical (unpaired) electrons. The van der Waals surface area contributed by atoms with Crippen molar-refractivity contribution in [2.75, 3.05) is 6.54 Å². The van der Waals surface area contributed by atoms with Crippen LogP contribution in [0.15, 0.2) is 18.2 Å². The molecule has 1 aliphatic rings. The van der Waals surface area contributed by atoms with Crippen LogP contribution in [0.5, 0.6) is 0 Å². The first-order valence-corrected chi connectivity index (χ1v) is 5.10. The van der Waals surface area contributed by atoms with Gasteiger partial charge >= 0.3 is 0 Å². The highest BCUT2D eigenvalue weighted by Crippen LogP contribution is 2.27. The molecule has 1 aromatic carbocycles. The lowest BCUT2D eigenvalue weighted by molar-refractivity contribution is -0.385. The SMILES string of the molecule is CC(=O)N1CCc2cccc([N+](=O)[O-])c2C1. The van der Waals surface area contributed by atoms with Gasteiger partial charge in [-0.15, -0.1) is 0 Å². The van der Waals surface area contributed by atoms with Gasteiger partial charge in [-0.05, 0) is 12.0 Å². The summed E-state index contributed by atoms with van der Waals surface area (Å²) in [7, 11) is 0. The number of rotatable bonds is 1. The molecule has 0 unspecified atom stereocenters. The normalized spacial score (nSPS) is 14.4. The molecule has 16 heavy (non-hydrogen) atoms. The van der Waals surface area contributed by atoms with E-state index >= 15 is 0 Å². The third-order valence-electron chi connectivity index (χ3n) is 2.89. The molecule has 0 aromatic heterocycles. The third-order valence-corrected chi connectivity index (χ3v) is 2.89. The second kappa shape index (κ2) is 3.92. The van der Waals surface area contributed by atoms with Crippen molar-refractivity contribution in [1.29, 1.82) is 0 Å². The molecule has 0 saturated heterocycles. The molecular formula is C11H12N2O3. The van der Waals surface area contributed by atoms with E-state index in [2.05, 4.69) is 0 Å². The van der Waals surface area contributed by atoms with Crippen molar-refractivity contribution in [1.82, 2.24) is 4.90 Å². The lowest BCUT2D eigenvalue weighted by atomic mass is 9.98. The Hall–Kier alpha value is -1.91. The molecule has 0 fully saturated rings. The zero-order valence-electron chi connectivity index (χ0n) is 8.97. The van der Waals surface area contributed by atoms with Gasteiger partial charge in [0, 0.05) is 19.5 Å². The molecule has 0 spiro atoms. The Morgan fingerprint density at radius 3 is 2.88 bits per heavy atom. The van der Waals surface area contributed by atoms with Gasteiger partial charge in [0.05, 0.1) is 17.0 Å². The lowest BCUT2D eigenvalue weighted by Crippen LogP contribution is -2.34. The molecule has 5 heteroatoms. The predicted octanol–water partition coefficient (Wildman–Crippen LogP) is 1.50. The van der Waals surface area contributed by atoms with Gasteiger partial charge in [-0.1, -0.05) is 12.1 Å². The minimum atomic E-state index is -0.386. The summed E-state index contributed by atoms with van der Waals surface area (Å²) >= 11 is 0. The highest BCUT2D eigenvalue weighted by molar-refractivity contribution is 5.74. The summed E-state index contributed by atoms with van der Waals surface area (Å²) in [4.78, 5) is 23.3. The Kier molecular flexibility index (Phi) is 2.60. The number of carbonyl (C=O) groups is 1. The second-order valence-corrected chi connectivity index (χ2v) is 3.86. The molecule has 1 heterocycles. The van der Waals surface area contributed by atoms with Gasteiger partial charge in [0.15, 0.2) is 0 Å². The summed E-state index contributed by atoms with van der Waals surface area (Å²) in [6.07, 6.45) is 0.691. The second-order valence-electron chi connectivity index (χ2n) is 3.86. The highest BCUT2D eigenvalue weighted by Gasteiger charge is 2.24. The Bertz CT molecular complexity index is 457. The first-order chi connectivity index (χ1) is 7.59. The van der Waals surface area contributed by atoms with Crippen LogP contribution in [0.4, 0.5) is 5.69 Å². The monoisotopic (exact) mass is 220 g/mol. The molecule has 1 amide bonds. The molecule has 5 nitrogen and oxygen atoms in total. The van der Waals surface area contributed by atoms with Crippen LogP contribution in [0.3, 0.4) is 0 Å². The molecule has 0 atom stereocenters. The van der Waals surface area contributed by atoms with Crippen LogP contribution in [-0.2, 0) is 17.8 Å². The maximum absolute atomic E-state index is 11.2. The highest BCUT2D eigenvalue weighted by atomic mass is 16.6. The van der Waals surface area contributed by atoms with Crippen LogP contribution in [0.1, 0.15) is 18.1 Å². The van der Waals surface area contributed by atoms with Crippen LogP contribution in [0.2, 0.25) is 0 Å². The van der Waals surface area contributed by atoms with Crippen LogP contribution in [-0.4, -0.2) is 22.3 Å². The van der Waals surface area contributed by atoms with E-state index in [-0.39, 0.29) is 16.5 Å². The average Bonchev–Trinajstić information content (AvgIpc) is 2.27. The standard InChI is InChI=1S/C11H12N2O3/c1-8(14)12-6-5-9-3-2-4-11(13(15)16)10(9)7-12/h2-4H,5-7H2,1H3. The van der Waals surface area contributed by atoms with Gasteiger partial charge in [0.25, 0.3) is 5.69 Å². The quantitative estimate of drug-likeness (QED) is 0.532. The zero-order valence-corrected chi connectivity index (χ0v) is 8.97. The Balaban J connectivity index is 2.41. The average molecular weight is 220 g/mol. The number of hydrogen-bond donors (Lipinski definition) is 0. The Morgan fingerprint density at radius 1 is 1.50 bits per heavy atom. The van der Waals surface area contributed by atoms with Crippen molar-refractivity contribution in [2.45, 2.75) is 19.9 Å². The first-order valence-electron chi connectivity index (χ1n) is 5.10. The minimum absolute atomic E-state index is 0.0381. The van der Waals surface area contributed by atoms with E-state index in [1.165, 1.54) is 13.0 Å². The molecule has 1 aromatic rings. The summed E-state index contributed by atoms with van der Waals surface area (Å²) in [5.41, 5.74) is 1.77. The smallest absolute Gasteiger partial charge is 0.274 e. The molecule has 1 aliphatic heterocycles. The van der Waals surface area contributed by atoms with Crippen molar-refractivity contribution >= 4 is 11.6 Å². The molecule has 0 aliphatic carbocycles. The van der Waals surface area contributed by atoms with Gasteiger partial charge in [0.1, 0.15) is 0 Å². The van der Waals surface area contributed by atoms with Gasteiger partial charge in [-0.2, -0.15) is 0 Å². The number of nitrogens with zero attached hydrogens (tertiary/aromatic N) is 2. The molecule has 0 saturated carbocycles. The zero-order chi connectivity index (χ0) is 11.7. The van der Waals surface area contributed by atoms with Crippen molar-refractivity contribution in [3.05, 3.63) is 39.4 Å². The van der Waals surface area contributed by atoms with E-state index in [0.717, 1.165) is 5.56 Å². The number of fused-ring (bicyclic) bond motifs is 1. The lowest BCUT2D eigenvalue weighted by Gasteiger charge is -2.27. The topological polar surface area (TPSA) is 63.5 Å². The van der Waals surface area contributed by atoms with E-state index in [9.17, 15) is 14.9 Å². The van der Waals surface area contributed by atoms with Crippen LogP contribution < -0.4 is 0 Å². The fourth-order valence-electron chi connectivity index (χ4n) is 2.00. The third kappa shape index (κ3) is 1.76. The number of nitro benzene ring substituents is 1. The summed E-state index contributed by atoms with van der Waals surface area (Å²) in [5, 5.41) is 10.9. The van der Waals surface area contributed by atoms with Gasteiger partial charge in [0.2, 0.25) is 5.91 Å². The van der Waals surface area contributed by atoms with E-state index in [4.69, 9.17) is 0 Å². The van der Waals surface area contributed by atoms with Crippen molar-refractivity contribution in [3.63, 3.8) is 0 Å². The summed E-state index contributed by atoms with van der Waals surface area (Å²) < 4.78 is 0. The van der Waals surface area contributed by atoms with Gasteiger partial charge < -0.3 is 4.90 Å². The number of hydrogen-bond acceptors (Lipinski definition) is 3. The first kappa shape index (κ1) is 10.6. The summed E-state index contributed by atoms with van der Waals surface area (Å²) in [5.74, 6) is -0.0381. The predicted molar refractivity (Wildman–Crippen MR) is 57.9 cm³/mol. The maximum atomic E-state index is 11.2. The van der Waals surface area contributed by atoms with Crippen LogP contribution in [0, 0.1) is 10.1 Å². The van der Waals surface area contributed by atoms with Gasteiger partial charge in [-0.25, -0.2) is 0 Å². The van der Waals surface area contributed by atoms with Crippen LogP contribution in [0.25, 0.3) is 0 Å². The van der Waals surface area contributed by atoms with Crippen molar-refractivity contribution in [3.8, 4) is 0 Å². The molecule has 2 rings (SSSR count). The van der Waals surface area contributed by atoms with Crippen molar-refractivity contribution < 1.29 is 9.72 Å². The fourth-order valence-corrected chi connectivity index (χ4v) is 2.00. The molecule has 0 bridgehead atoms. The number of carbonyl (C=O) groups excluding carboxylic acids is 1. The number of benzene rings is 1. The largest absolute Gasteiger partial charge is 0.338 e. The molecule has 84 valence electrons. The summed E-state index contributed by atoms with van der Waals surface area (Å²) in [6.45, 7) is 2.48. The van der Waals surface area contributed by atoms with Crippen LogP contribution >= 0.6 is 0 Å². The van der Waals surface area contributed by atoms with E-state index in [1.807, 2.05) is 6.07 Å². The maximum Gasteiger partial charge on any atom is 0.274 e. The van der Waals surface area contributed by atoms with Gasteiger partial charge in [-0.3, -0.25) is 14.9 Å². The minimum Gasteiger partial charge on any atom is -0.338 e. The fraction of sp³-hybridized carbons (Fsp3) is 0.364. The van der Waals surface area contributed by atoms with E-state index in [1.54, 1.807) is 11.0 Å². The van der Waals surface area contributed by atoms with Crippen molar-refractivity contribution in [2.24, 2.45) is 0 Å². The Morgan fingerprint density at radius 2 is 2.25 bits per heavy atom.